The standard InChI is InChI=1S/C15H19NO3/c1-3-10-16-15(14(17)18-4-2)9-11-19-13-8-6-5-7-12(13)15/h3,5-8,16H,1,4,9-11H2,2H3. The molecule has 0 fully saturated rings. The Kier molecular flexibility index (Phi) is 4.22. The van der Waals surface area contributed by atoms with Crippen molar-refractivity contribution in [3.8, 4) is 5.75 Å². The van der Waals surface area contributed by atoms with Gasteiger partial charge in [0.05, 0.1) is 13.2 Å². The van der Waals surface area contributed by atoms with E-state index in [1.807, 2.05) is 31.2 Å². The summed E-state index contributed by atoms with van der Waals surface area (Å²) < 4.78 is 10.9. The van der Waals surface area contributed by atoms with Gasteiger partial charge in [0, 0.05) is 18.5 Å². The number of para-hydroxylation sites is 1. The average Bonchev–Trinajstić information content (AvgIpc) is 2.45. The van der Waals surface area contributed by atoms with Crippen LogP contribution in [0.2, 0.25) is 0 Å². The number of hydrogen-bond acceptors (Lipinski definition) is 4. The van der Waals surface area contributed by atoms with Crippen molar-refractivity contribution in [2.75, 3.05) is 19.8 Å². The monoisotopic (exact) mass is 261 g/mol. The predicted octanol–water partition coefficient (Wildman–Crippen LogP) is 2.00. The lowest BCUT2D eigenvalue weighted by atomic mass is 9.84. The van der Waals surface area contributed by atoms with Gasteiger partial charge < -0.3 is 9.47 Å². The van der Waals surface area contributed by atoms with Crippen molar-refractivity contribution in [1.29, 1.82) is 0 Å². The molecule has 0 aromatic heterocycles. The zero-order valence-corrected chi connectivity index (χ0v) is 11.1. The molecule has 1 aliphatic rings. The normalized spacial score (nSPS) is 21.1. The third kappa shape index (κ3) is 2.49. The number of rotatable bonds is 5. The Balaban J connectivity index is 2.43. The molecule has 0 amide bonds. The Labute approximate surface area is 113 Å². The molecule has 0 bridgehead atoms. The lowest BCUT2D eigenvalue weighted by molar-refractivity contribution is -0.153. The van der Waals surface area contributed by atoms with Gasteiger partial charge in [-0.3, -0.25) is 5.32 Å². The first-order valence-corrected chi connectivity index (χ1v) is 6.50. The quantitative estimate of drug-likeness (QED) is 0.650. The van der Waals surface area contributed by atoms with Crippen LogP contribution in [0.1, 0.15) is 18.9 Å². The molecule has 0 radical (unpaired) electrons. The van der Waals surface area contributed by atoms with Crippen molar-refractivity contribution in [3.63, 3.8) is 0 Å². The minimum atomic E-state index is -0.834. The van der Waals surface area contributed by atoms with Crippen molar-refractivity contribution in [2.45, 2.75) is 18.9 Å². The molecule has 19 heavy (non-hydrogen) atoms. The van der Waals surface area contributed by atoms with Crippen LogP contribution in [0.15, 0.2) is 36.9 Å². The van der Waals surface area contributed by atoms with Crippen molar-refractivity contribution in [2.24, 2.45) is 0 Å². The summed E-state index contributed by atoms with van der Waals surface area (Å²) in [5.74, 6) is 0.478. The first-order valence-electron chi connectivity index (χ1n) is 6.50. The van der Waals surface area contributed by atoms with Crippen LogP contribution in [0, 0.1) is 0 Å². The molecular weight excluding hydrogens is 242 g/mol. The van der Waals surface area contributed by atoms with Gasteiger partial charge in [-0.15, -0.1) is 6.58 Å². The third-order valence-corrected chi connectivity index (χ3v) is 3.25. The van der Waals surface area contributed by atoms with E-state index in [1.165, 1.54) is 0 Å². The highest BCUT2D eigenvalue weighted by Crippen LogP contribution is 2.37. The van der Waals surface area contributed by atoms with Gasteiger partial charge in [-0.05, 0) is 13.0 Å². The fraction of sp³-hybridized carbons (Fsp3) is 0.400. The zero-order chi connectivity index (χ0) is 13.7. The van der Waals surface area contributed by atoms with Crippen molar-refractivity contribution < 1.29 is 14.3 Å². The molecule has 0 aliphatic carbocycles. The highest BCUT2D eigenvalue weighted by Gasteiger charge is 2.45. The Hall–Kier alpha value is -1.81. The fourth-order valence-corrected chi connectivity index (χ4v) is 2.36. The Bertz CT molecular complexity index is 472. The summed E-state index contributed by atoms with van der Waals surface area (Å²) in [4.78, 5) is 12.4. The van der Waals surface area contributed by atoms with E-state index in [9.17, 15) is 4.79 Å². The van der Waals surface area contributed by atoms with Crippen LogP contribution in [-0.4, -0.2) is 25.7 Å². The minimum absolute atomic E-state index is 0.257. The van der Waals surface area contributed by atoms with Gasteiger partial charge in [-0.2, -0.15) is 0 Å². The number of hydrogen-bond donors (Lipinski definition) is 1. The summed E-state index contributed by atoms with van der Waals surface area (Å²) in [7, 11) is 0. The molecule has 2 rings (SSSR count). The van der Waals surface area contributed by atoms with E-state index < -0.39 is 5.54 Å². The molecule has 1 atom stereocenters. The van der Waals surface area contributed by atoms with Crippen molar-refractivity contribution >= 4 is 5.97 Å². The Morgan fingerprint density at radius 2 is 2.37 bits per heavy atom. The Morgan fingerprint density at radius 1 is 1.58 bits per heavy atom. The molecule has 0 saturated carbocycles. The lowest BCUT2D eigenvalue weighted by Gasteiger charge is -2.37. The Morgan fingerprint density at radius 3 is 3.11 bits per heavy atom. The second-order valence-corrected chi connectivity index (χ2v) is 4.39. The predicted molar refractivity (Wildman–Crippen MR) is 73.1 cm³/mol. The van der Waals surface area contributed by atoms with E-state index in [1.54, 1.807) is 6.08 Å². The number of fused-ring (bicyclic) bond motifs is 1. The molecule has 4 heteroatoms. The number of esters is 1. The molecule has 1 aromatic rings. The molecule has 102 valence electrons. The van der Waals surface area contributed by atoms with Crippen LogP contribution >= 0.6 is 0 Å². The van der Waals surface area contributed by atoms with E-state index in [0.717, 1.165) is 11.3 Å². The third-order valence-electron chi connectivity index (χ3n) is 3.25. The van der Waals surface area contributed by atoms with Crippen molar-refractivity contribution in [3.05, 3.63) is 42.5 Å². The highest BCUT2D eigenvalue weighted by molar-refractivity contribution is 5.84. The summed E-state index contributed by atoms with van der Waals surface area (Å²) in [5, 5.41) is 3.25. The molecule has 0 saturated heterocycles. The smallest absolute Gasteiger partial charge is 0.331 e. The van der Waals surface area contributed by atoms with Crippen LogP contribution in [-0.2, 0) is 15.1 Å². The molecular formula is C15H19NO3. The minimum Gasteiger partial charge on any atom is -0.493 e. The van der Waals surface area contributed by atoms with Gasteiger partial charge >= 0.3 is 5.97 Å². The summed E-state index contributed by atoms with van der Waals surface area (Å²) in [5.41, 5.74) is 0.000486. The van der Waals surface area contributed by atoms with Crippen LogP contribution in [0.4, 0.5) is 0 Å². The van der Waals surface area contributed by atoms with Gasteiger partial charge in [-0.1, -0.05) is 24.3 Å². The number of nitrogens with one attached hydrogen (secondary N) is 1. The fourth-order valence-electron chi connectivity index (χ4n) is 2.36. The van der Waals surface area contributed by atoms with Crippen LogP contribution in [0.5, 0.6) is 5.75 Å². The van der Waals surface area contributed by atoms with E-state index >= 15 is 0 Å². The summed E-state index contributed by atoms with van der Waals surface area (Å²) in [6.45, 7) is 6.88. The second kappa shape index (κ2) is 5.89. The van der Waals surface area contributed by atoms with Crippen molar-refractivity contribution in [1.82, 2.24) is 5.32 Å². The molecule has 1 unspecified atom stereocenters. The van der Waals surface area contributed by atoms with E-state index in [4.69, 9.17) is 9.47 Å². The lowest BCUT2D eigenvalue weighted by Crippen LogP contribution is -2.53. The molecule has 4 nitrogen and oxygen atoms in total. The largest absolute Gasteiger partial charge is 0.493 e. The first kappa shape index (κ1) is 13.6. The summed E-state index contributed by atoms with van der Waals surface area (Å²) in [6.07, 6.45) is 2.29. The van der Waals surface area contributed by atoms with Crippen LogP contribution < -0.4 is 10.1 Å². The second-order valence-electron chi connectivity index (χ2n) is 4.39. The average molecular weight is 261 g/mol. The van der Waals surface area contributed by atoms with Crippen LogP contribution in [0.25, 0.3) is 0 Å². The molecule has 1 N–H and O–H groups in total. The highest BCUT2D eigenvalue weighted by atomic mass is 16.5. The van der Waals surface area contributed by atoms with Gasteiger partial charge in [0.1, 0.15) is 11.3 Å². The van der Waals surface area contributed by atoms with Gasteiger partial charge in [0.25, 0.3) is 0 Å². The molecule has 0 spiro atoms. The van der Waals surface area contributed by atoms with E-state index in [0.29, 0.717) is 26.2 Å². The molecule has 1 aliphatic heterocycles. The SMILES string of the molecule is C=CCNC1(C(=O)OCC)CCOc2ccccc21. The first-order chi connectivity index (χ1) is 9.24. The molecule has 1 heterocycles. The number of benzene rings is 1. The van der Waals surface area contributed by atoms with Crippen LogP contribution in [0.3, 0.4) is 0 Å². The van der Waals surface area contributed by atoms with Gasteiger partial charge in [0.2, 0.25) is 0 Å². The number of carbonyl (C=O) groups is 1. The number of ether oxygens (including phenoxy) is 2. The maximum absolute atomic E-state index is 12.4. The maximum atomic E-state index is 12.4. The van der Waals surface area contributed by atoms with E-state index in [2.05, 4.69) is 11.9 Å². The summed E-state index contributed by atoms with van der Waals surface area (Å²) in [6, 6.07) is 7.57. The summed E-state index contributed by atoms with van der Waals surface area (Å²) >= 11 is 0. The zero-order valence-electron chi connectivity index (χ0n) is 11.1. The molecule has 1 aromatic carbocycles. The maximum Gasteiger partial charge on any atom is 0.331 e. The topological polar surface area (TPSA) is 47.6 Å². The van der Waals surface area contributed by atoms with Gasteiger partial charge in [0.15, 0.2) is 0 Å². The van der Waals surface area contributed by atoms with E-state index in [-0.39, 0.29) is 5.97 Å². The van der Waals surface area contributed by atoms with Gasteiger partial charge in [-0.25, -0.2) is 4.79 Å². The number of carbonyl (C=O) groups excluding carboxylic acids is 1.